The van der Waals surface area contributed by atoms with Gasteiger partial charge in [0.2, 0.25) is 0 Å². The van der Waals surface area contributed by atoms with E-state index in [0.717, 1.165) is 11.1 Å². The Morgan fingerprint density at radius 1 is 1.38 bits per heavy atom. The highest BCUT2D eigenvalue weighted by molar-refractivity contribution is 5.22. The number of furan rings is 1. The Hall–Kier alpha value is -1.65. The molecule has 0 fully saturated rings. The van der Waals surface area contributed by atoms with E-state index in [1.165, 1.54) is 12.1 Å². The molecule has 2 rings (SSSR count). The zero-order valence-corrected chi connectivity index (χ0v) is 8.69. The van der Waals surface area contributed by atoms with Crippen LogP contribution in [-0.2, 0) is 6.42 Å². The lowest BCUT2D eigenvalue weighted by atomic mass is 10.0. The molecule has 0 spiro atoms. The molecule has 16 heavy (non-hydrogen) atoms. The summed E-state index contributed by atoms with van der Waals surface area (Å²) in [7, 11) is 0. The minimum Gasteiger partial charge on any atom is -0.472 e. The molecule has 0 saturated carbocycles. The molecule has 3 nitrogen and oxygen atoms in total. The highest BCUT2D eigenvalue weighted by Crippen LogP contribution is 2.18. The van der Waals surface area contributed by atoms with E-state index in [9.17, 15) is 4.39 Å². The van der Waals surface area contributed by atoms with Crippen molar-refractivity contribution in [2.45, 2.75) is 12.5 Å². The smallest absolute Gasteiger partial charge is 0.123 e. The van der Waals surface area contributed by atoms with Crippen molar-refractivity contribution in [3.05, 3.63) is 59.8 Å². The van der Waals surface area contributed by atoms with E-state index in [1.807, 2.05) is 12.1 Å². The largest absolute Gasteiger partial charge is 0.472 e. The predicted molar refractivity (Wildman–Crippen MR) is 58.9 cm³/mol. The highest BCUT2D eigenvalue weighted by atomic mass is 19.1. The average Bonchev–Trinajstić information content (AvgIpc) is 2.78. The number of benzene rings is 1. The minimum absolute atomic E-state index is 0.117. The third-order valence-corrected chi connectivity index (χ3v) is 2.47. The van der Waals surface area contributed by atoms with Gasteiger partial charge in [-0.1, -0.05) is 12.1 Å². The Bertz CT molecular complexity index is 442. The Labute approximate surface area is 93.0 Å². The third-order valence-electron chi connectivity index (χ3n) is 2.47. The van der Waals surface area contributed by atoms with Crippen molar-refractivity contribution in [1.82, 2.24) is 5.43 Å². The lowest BCUT2D eigenvalue weighted by Crippen LogP contribution is -2.29. The molecule has 2 aromatic rings. The SMILES string of the molecule is NNC(Cc1ccoc1)c1cccc(F)c1. The summed E-state index contributed by atoms with van der Waals surface area (Å²) in [6, 6.07) is 8.15. The normalized spacial score (nSPS) is 12.6. The molecule has 0 bridgehead atoms. The topological polar surface area (TPSA) is 51.2 Å². The second-order valence-electron chi connectivity index (χ2n) is 3.61. The summed E-state index contributed by atoms with van der Waals surface area (Å²) in [5.74, 6) is 5.21. The maximum Gasteiger partial charge on any atom is 0.123 e. The van der Waals surface area contributed by atoms with Crippen LogP contribution in [0.15, 0.2) is 47.3 Å². The first-order chi connectivity index (χ1) is 7.79. The van der Waals surface area contributed by atoms with Gasteiger partial charge in [0.1, 0.15) is 5.82 Å². The number of hydrazine groups is 1. The number of nitrogens with one attached hydrogen (secondary N) is 1. The number of rotatable bonds is 4. The van der Waals surface area contributed by atoms with E-state index in [0.29, 0.717) is 6.42 Å². The lowest BCUT2D eigenvalue weighted by Gasteiger charge is -2.15. The zero-order chi connectivity index (χ0) is 11.4. The summed E-state index contributed by atoms with van der Waals surface area (Å²) in [5.41, 5.74) is 4.52. The number of halogens is 1. The van der Waals surface area contributed by atoms with E-state index < -0.39 is 0 Å². The number of nitrogens with two attached hydrogens (primary N) is 1. The van der Waals surface area contributed by atoms with Gasteiger partial charge in [0.05, 0.1) is 18.6 Å². The van der Waals surface area contributed by atoms with Gasteiger partial charge >= 0.3 is 0 Å². The zero-order valence-electron chi connectivity index (χ0n) is 8.69. The molecule has 1 atom stereocenters. The van der Waals surface area contributed by atoms with Crippen LogP contribution in [-0.4, -0.2) is 0 Å². The fourth-order valence-electron chi connectivity index (χ4n) is 1.64. The van der Waals surface area contributed by atoms with E-state index >= 15 is 0 Å². The van der Waals surface area contributed by atoms with Gasteiger partial charge in [-0.25, -0.2) is 4.39 Å². The molecular formula is C12H13FN2O. The van der Waals surface area contributed by atoms with E-state index in [-0.39, 0.29) is 11.9 Å². The van der Waals surface area contributed by atoms with E-state index in [2.05, 4.69) is 5.43 Å². The van der Waals surface area contributed by atoms with Crippen molar-refractivity contribution >= 4 is 0 Å². The summed E-state index contributed by atoms with van der Waals surface area (Å²) in [4.78, 5) is 0. The molecule has 84 valence electrons. The molecule has 0 amide bonds. The van der Waals surface area contributed by atoms with Crippen LogP contribution in [0.25, 0.3) is 0 Å². The van der Waals surface area contributed by atoms with Crippen molar-refractivity contribution in [2.75, 3.05) is 0 Å². The molecule has 0 radical (unpaired) electrons. The lowest BCUT2D eigenvalue weighted by molar-refractivity contribution is 0.532. The maximum atomic E-state index is 13.1. The fraction of sp³-hybridized carbons (Fsp3) is 0.167. The number of hydrogen-bond donors (Lipinski definition) is 2. The summed E-state index contributed by atoms with van der Waals surface area (Å²) >= 11 is 0. The summed E-state index contributed by atoms with van der Waals surface area (Å²) < 4.78 is 18.0. The van der Waals surface area contributed by atoms with Gasteiger partial charge in [0.15, 0.2) is 0 Å². The van der Waals surface area contributed by atoms with Crippen LogP contribution in [0.4, 0.5) is 4.39 Å². The van der Waals surface area contributed by atoms with Crippen LogP contribution in [0.1, 0.15) is 17.2 Å². The van der Waals surface area contributed by atoms with Crippen molar-refractivity contribution < 1.29 is 8.81 Å². The van der Waals surface area contributed by atoms with E-state index in [4.69, 9.17) is 10.3 Å². The van der Waals surface area contributed by atoms with Gasteiger partial charge in [-0.3, -0.25) is 11.3 Å². The molecule has 1 unspecified atom stereocenters. The van der Waals surface area contributed by atoms with Gasteiger partial charge in [-0.2, -0.15) is 0 Å². The first kappa shape index (κ1) is 10.9. The standard InChI is InChI=1S/C12H13FN2O/c13-11-3-1-2-10(7-11)12(15-14)6-9-4-5-16-8-9/h1-5,7-8,12,15H,6,14H2. The van der Waals surface area contributed by atoms with Gasteiger partial charge in [-0.05, 0) is 35.7 Å². The van der Waals surface area contributed by atoms with Crippen LogP contribution in [0, 0.1) is 5.82 Å². The second kappa shape index (κ2) is 4.92. The van der Waals surface area contributed by atoms with Gasteiger partial charge in [0, 0.05) is 0 Å². The van der Waals surface area contributed by atoms with Crippen LogP contribution in [0.3, 0.4) is 0 Å². The van der Waals surface area contributed by atoms with Crippen LogP contribution >= 0.6 is 0 Å². The van der Waals surface area contributed by atoms with Gasteiger partial charge in [-0.15, -0.1) is 0 Å². The molecular weight excluding hydrogens is 207 g/mol. The first-order valence-electron chi connectivity index (χ1n) is 5.02. The van der Waals surface area contributed by atoms with Crippen molar-refractivity contribution in [1.29, 1.82) is 0 Å². The van der Waals surface area contributed by atoms with Crippen molar-refractivity contribution in [2.24, 2.45) is 5.84 Å². The molecule has 0 aliphatic carbocycles. The number of hydrogen-bond acceptors (Lipinski definition) is 3. The second-order valence-corrected chi connectivity index (χ2v) is 3.61. The van der Waals surface area contributed by atoms with Crippen LogP contribution in [0.5, 0.6) is 0 Å². The Morgan fingerprint density at radius 2 is 2.25 bits per heavy atom. The first-order valence-corrected chi connectivity index (χ1v) is 5.02. The van der Waals surface area contributed by atoms with Gasteiger partial charge in [0.25, 0.3) is 0 Å². The molecule has 4 heteroatoms. The van der Waals surface area contributed by atoms with Gasteiger partial charge < -0.3 is 4.42 Å². The maximum absolute atomic E-state index is 13.1. The molecule has 3 N–H and O–H groups in total. The van der Waals surface area contributed by atoms with Crippen LogP contribution in [0.2, 0.25) is 0 Å². The molecule has 1 aromatic heterocycles. The molecule has 0 aliphatic rings. The molecule has 0 saturated heterocycles. The monoisotopic (exact) mass is 220 g/mol. The average molecular weight is 220 g/mol. The predicted octanol–water partition coefficient (Wildman–Crippen LogP) is 2.17. The summed E-state index contributed by atoms with van der Waals surface area (Å²) in [6.45, 7) is 0. The Morgan fingerprint density at radius 3 is 2.88 bits per heavy atom. The fourth-order valence-corrected chi connectivity index (χ4v) is 1.64. The summed E-state index contributed by atoms with van der Waals surface area (Å²) in [6.07, 6.45) is 3.93. The minimum atomic E-state index is -0.259. The quantitative estimate of drug-likeness (QED) is 0.613. The van der Waals surface area contributed by atoms with E-state index in [1.54, 1.807) is 18.6 Å². The third kappa shape index (κ3) is 2.48. The van der Waals surface area contributed by atoms with Crippen molar-refractivity contribution in [3.63, 3.8) is 0 Å². The molecule has 1 aromatic carbocycles. The Balaban J connectivity index is 2.16. The Kier molecular flexibility index (Phi) is 3.34. The van der Waals surface area contributed by atoms with Crippen LogP contribution < -0.4 is 11.3 Å². The summed E-state index contributed by atoms with van der Waals surface area (Å²) in [5, 5.41) is 0. The highest BCUT2D eigenvalue weighted by Gasteiger charge is 2.11. The molecule has 0 aliphatic heterocycles. The van der Waals surface area contributed by atoms with Crippen molar-refractivity contribution in [3.8, 4) is 0 Å². The molecule has 1 heterocycles.